The van der Waals surface area contributed by atoms with E-state index in [0.29, 0.717) is 12.0 Å². The Morgan fingerprint density at radius 3 is 2.79 bits per heavy atom. The van der Waals surface area contributed by atoms with Gasteiger partial charge in [0.2, 0.25) is 5.89 Å². The van der Waals surface area contributed by atoms with Crippen LogP contribution in [0.15, 0.2) is 4.52 Å². The maximum atomic E-state index is 5.22. The summed E-state index contributed by atoms with van der Waals surface area (Å²) < 4.78 is 5.22. The topological polar surface area (TPSA) is 51.0 Å². The van der Waals surface area contributed by atoms with Crippen molar-refractivity contribution < 1.29 is 4.52 Å². The fourth-order valence-corrected chi connectivity index (χ4v) is 1.68. The zero-order valence-corrected chi connectivity index (χ0v) is 8.20. The number of nitrogens with one attached hydrogen (secondary N) is 1. The maximum Gasteiger partial charge on any atom is 0.229 e. The number of hydrogen-bond acceptors (Lipinski definition) is 4. The molecule has 1 N–H and O–H groups in total. The van der Waals surface area contributed by atoms with E-state index in [1.165, 1.54) is 32.1 Å². The number of aromatic nitrogens is 2. The quantitative estimate of drug-likeness (QED) is 0.789. The van der Waals surface area contributed by atoms with Crippen LogP contribution in [0.25, 0.3) is 0 Å². The molecule has 0 atom stereocenters. The van der Waals surface area contributed by atoms with Gasteiger partial charge < -0.3 is 9.84 Å². The Hall–Kier alpha value is -0.900. The summed E-state index contributed by atoms with van der Waals surface area (Å²) in [5.74, 6) is 2.22. The second kappa shape index (κ2) is 3.35. The van der Waals surface area contributed by atoms with E-state index in [1.54, 1.807) is 0 Å². The van der Waals surface area contributed by atoms with E-state index < -0.39 is 0 Å². The average molecular weight is 193 g/mol. The minimum absolute atomic E-state index is 0.553. The molecule has 0 aromatic carbocycles. The lowest BCUT2D eigenvalue weighted by Crippen LogP contribution is -2.16. The molecule has 1 aromatic heterocycles. The second-order valence-electron chi connectivity index (χ2n) is 4.33. The van der Waals surface area contributed by atoms with Crippen LogP contribution in [0.1, 0.15) is 49.7 Å². The smallest absolute Gasteiger partial charge is 0.229 e. The van der Waals surface area contributed by atoms with Crippen molar-refractivity contribution in [3.63, 3.8) is 0 Å². The summed E-state index contributed by atoms with van der Waals surface area (Å²) in [5, 5.41) is 7.35. The van der Waals surface area contributed by atoms with Crippen LogP contribution in [0, 0.1) is 0 Å². The second-order valence-corrected chi connectivity index (χ2v) is 4.33. The molecule has 0 radical (unpaired) electrons. The molecular formula is C10H15N3O. The van der Waals surface area contributed by atoms with Gasteiger partial charge in [-0.25, -0.2) is 0 Å². The molecule has 2 fully saturated rings. The highest BCUT2D eigenvalue weighted by atomic mass is 16.5. The third-order valence-corrected chi connectivity index (χ3v) is 3.06. The summed E-state index contributed by atoms with van der Waals surface area (Å²) >= 11 is 0. The van der Waals surface area contributed by atoms with Gasteiger partial charge in [0.15, 0.2) is 5.82 Å². The Balaban J connectivity index is 1.58. The summed E-state index contributed by atoms with van der Waals surface area (Å²) in [4.78, 5) is 4.39. The van der Waals surface area contributed by atoms with E-state index in [-0.39, 0.29) is 0 Å². The molecule has 0 amide bonds. The monoisotopic (exact) mass is 193 g/mol. The van der Waals surface area contributed by atoms with Gasteiger partial charge >= 0.3 is 0 Å². The van der Waals surface area contributed by atoms with Crippen LogP contribution in [0.5, 0.6) is 0 Å². The van der Waals surface area contributed by atoms with Crippen molar-refractivity contribution in [1.82, 2.24) is 15.5 Å². The normalized spacial score (nSPS) is 22.3. The van der Waals surface area contributed by atoms with Crippen molar-refractivity contribution in [2.45, 2.75) is 50.6 Å². The summed E-state index contributed by atoms with van der Waals surface area (Å²) in [7, 11) is 0. The molecular weight excluding hydrogens is 178 g/mol. The van der Waals surface area contributed by atoms with Gasteiger partial charge in [0, 0.05) is 12.0 Å². The highest BCUT2D eigenvalue weighted by molar-refractivity contribution is 4.98. The molecule has 0 aliphatic heterocycles. The van der Waals surface area contributed by atoms with E-state index in [9.17, 15) is 0 Å². The van der Waals surface area contributed by atoms with Crippen LogP contribution in [0.4, 0.5) is 0 Å². The fraction of sp³-hybridized carbons (Fsp3) is 0.800. The van der Waals surface area contributed by atoms with Gasteiger partial charge in [-0.05, 0) is 25.7 Å². The van der Waals surface area contributed by atoms with Crippen molar-refractivity contribution >= 4 is 0 Å². The Morgan fingerprint density at radius 2 is 2.14 bits per heavy atom. The van der Waals surface area contributed by atoms with E-state index >= 15 is 0 Å². The van der Waals surface area contributed by atoms with Crippen LogP contribution < -0.4 is 5.32 Å². The zero-order valence-electron chi connectivity index (χ0n) is 8.20. The first-order valence-corrected chi connectivity index (χ1v) is 5.47. The molecule has 2 aliphatic rings. The molecule has 0 spiro atoms. The maximum absolute atomic E-state index is 5.22. The molecule has 76 valence electrons. The lowest BCUT2D eigenvalue weighted by atomic mass is 9.85. The highest BCUT2D eigenvalue weighted by Crippen LogP contribution is 2.35. The Labute approximate surface area is 83.1 Å². The summed E-state index contributed by atoms with van der Waals surface area (Å²) in [6.07, 6.45) is 6.35. The minimum Gasteiger partial charge on any atom is -0.339 e. The van der Waals surface area contributed by atoms with Gasteiger partial charge in [-0.3, -0.25) is 0 Å². The Kier molecular flexibility index (Phi) is 2.01. The molecule has 0 bridgehead atoms. The summed E-state index contributed by atoms with van der Waals surface area (Å²) in [6.45, 7) is 0.765. The third-order valence-electron chi connectivity index (χ3n) is 3.06. The largest absolute Gasteiger partial charge is 0.339 e. The SMILES string of the molecule is C1CC(c2nc(CNC3CC3)no2)C1. The van der Waals surface area contributed by atoms with Crippen molar-refractivity contribution in [2.24, 2.45) is 0 Å². The van der Waals surface area contributed by atoms with Crippen LogP contribution >= 0.6 is 0 Å². The van der Waals surface area contributed by atoms with Gasteiger partial charge in [-0.2, -0.15) is 4.98 Å². The molecule has 1 heterocycles. The number of nitrogens with zero attached hydrogens (tertiary/aromatic N) is 2. The molecule has 1 aromatic rings. The molecule has 14 heavy (non-hydrogen) atoms. The Morgan fingerprint density at radius 1 is 1.29 bits per heavy atom. The first-order chi connectivity index (χ1) is 6.92. The first-order valence-electron chi connectivity index (χ1n) is 5.47. The van der Waals surface area contributed by atoms with E-state index in [4.69, 9.17) is 4.52 Å². The molecule has 4 nitrogen and oxygen atoms in total. The van der Waals surface area contributed by atoms with Gasteiger partial charge in [-0.15, -0.1) is 0 Å². The molecule has 4 heteroatoms. The first kappa shape index (κ1) is 8.41. The van der Waals surface area contributed by atoms with Crippen molar-refractivity contribution in [3.8, 4) is 0 Å². The number of rotatable bonds is 4. The molecule has 0 unspecified atom stereocenters. The minimum atomic E-state index is 0.553. The average Bonchev–Trinajstić information content (AvgIpc) is 2.82. The van der Waals surface area contributed by atoms with Crippen LogP contribution in [0.3, 0.4) is 0 Å². The summed E-state index contributed by atoms with van der Waals surface area (Å²) in [6, 6.07) is 0.709. The standard InChI is InChI=1S/C10H15N3O/c1-2-7(3-1)10-12-9(13-14-10)6-11-8-4-5-8/h7-8,11H,1-6H2. The summed E-state index contributed by atoms with van der Waals surface area (Å²) in [5.41, 5.74) is 0. The number of hydrogen-bond donors (Lipinski definition) is 1. The fourth-order valence-electron chi connectivity index (χ4n) is 1.68. The lowest BCUT2D eigenvalue weighted by Gasteiger charge is -2.20. The predicted molar refractivity (Wildman–Crippen MR) is 50.8 cm³/mol. The van der Waals surface area contributed by atoms with Gasteiger partial charge in [0.25, 0.3) is 0 Å². The molecule has 2 aliphatic carbocycles. The molecule has 2 saturated carbocycles. The van der Waals surface area contributed by atoms with Crippen LogP contribution in [-0.4, -0.2) is 16.2 Å². The molecule has 0 saturated heterocycles. The van der Waals surface area contributed by atoms with Gasteiger partial charge in [0.05, 0.1) is 6.54 Å². The van der Waals surface area contributed by atoms with Gasteiger partial charge in [-0.1, -0.05) is 11.6 Å². The third kappa shape index (κ3) is 1.66. The van der Waals surface area contributed by atoms with Crippen molar-refractivity contribution in [1.29, 1.82) is 0 Å². The predicted octanol–water partition coefficient (Wildman–Crippen LogP) is 1.59. The van der Waals surface area contributed by atoms with Gasteiger partial charge in [0.1, 0.15) is 0 Å². The highest BCUT2D eigenvalue weighted by Gasteiger charge is 2.26. The van der Waals surface area contributed by atoms with Crippen molar-refractivity contribution in [2.75, 3.05) is 0 Å². The van der Waals surface area contributed by atoms with E-state index in [1.807, 2.05) is 0 Å². The molecule has 3 rings (SSSR count). The van der Waals surface area contributed by atoms with Crippen LogP contribution in [-0.2, 0) is 6.54 Å². The van der Waals surface area contributed by atoms with Crippen LogP contribution in [0.2, 0.25) is 0 Å². The lowest BCUT2D eigenvalue weighted by molar-refractivity contribution is 0.290. The Bertz CT molecular complexity index is 315. The van der Waals surface area contributed by atoms with E-state index in [0.717, 1.165) is 18.3 Å². The zero-order chi connectivity index (χ0) is 9.38. The van der Waals surface area contributed by atoms with E-state index in [2.05, 4.69) is 15.5 Å². The van der Waals surface area contributed by atoms with Crippen molar-refractivity contribution in [3.05, 3.63) is 11.7 Å².